The summed E-state index contributed by atoms with van der Waals surface area (Å²) < 4.78 is 9.51. The van der Waals surface area contributed by atoms with Crippen molar-refractivity contribution in [1.29, 1.82) is 0 Å². The van der Waals surface area contributed by atoms with Crippen molar-refractivity contribution < 1.29 is 23.9 Å². The number of aryl methyl sites for hydroxylation is 1. The van der Waals surface area contributed by atoms with Crippen LogP contribution in [0, 0.1) is 0 Å². The van der Waals surface area contributed by atoms with Gasteiger partial charge in [0.05, 0.1) is 19.3 Å². The van der Waals surface area contributed by atoms with Gasteiger partial charge in [-0.05, 0) is 31.7 Å². The third-order valence-electron chi connectivity index (χ3n) is 3.19. The fourth-order valence-corrected chi connectivity index (χ4v) is 3.58. The second-order valence-electron chi connectivity index (χ2n) is 4.58. The van der Waals surface area contributed by atoms with Gasteiger partial charge in [0.15, 0.2) is 0 Å². The number of esters is 2. The first kappa shape index (κ1) is 15.5. The number of methoxy groups -OCH3 is 1. The summed E-state index contributed by atoms with van der Waals surface area (Å²) in [5.74, 6) is -1.54. The number of hydrogen-bond acceptors (Lipinski definition) is 6. The molecule has 1 aliphatic rings. The molecule has 0 fully saturated rings. The van der Waals surface area contributed by atoms with Crippen LogP contribution in [-0.2, 0) is 31.9 Å². The Morgan fingerprint density at radius 3 is 2.71 bits per heavy atom. The normalized spacial score (nSPS) is 12.7. The molecule has 0 unspecified atom stereocenters. The molecule has 2 rings (SSSR count). The fraction of sp³-hybridized carbons (Fsp3) is 0.500. The molecule has 1 N–H and O–H groups in total. The lowest BCUT2D eigenvalue weighted by Crippen LogP contribution is -2.18. The van der Waals surface area contributed by atoms with Gasteiger partial charge in [-0.3, -0.25) is 9.59 Å². The third-order valence-corrected chi connectivity index (χ3v) is 4.39. The Morgan fingerprint density at radius 2 is 2.05 bits per heavy atom. The zero-order valence-corrected chi connectivity index (χ0v) is 12.8. The number of carbonyl (C=O) groups is 3. The molecule has 0 saturated carbocycles. The van der Waals surface area contributed by atoms with Crippen LogP contribution in [0.2, 0.25) is 0 Å². The molecule has 6 nitrogen and oxygen atoms in total. The average molecular weight is 311 g/mol. The van der Waals surface area contributed by atoms with Gasteiger partial charge in [-0.2, -0.15) is 0 Å². The van der Waals surface area contributed by atoms with Crippen molar-refractivity contribution in [1.82, 2.24) is 0 Å². The fourth-order valence-electron chi connectivity index (χ4n) is 2.29. The lowest BCUT2D eigenvalue weighted by atomic mass is 10.1. The van der Waals surface area contributed by atoms with Crippen LogP contribution in [0.4, 0.5) is 5.00 Å². The molecule has 1 aliphatic carbocycles. The lowest BCUT2D eigenvalue weighted by Gasteiger charge is -2.07. The molecule has 1 aromatic heterocycles. The summed E-state index contributed by atoms with van der Waals surface area (Å²) >= 11 is 1.38. The summed E-state index contributed by atoms with van der Waals surface area (Å²) in [5, 5.41) is 3.09. The number of carbonyl (C=O) groups excluding carboxylic acids is 3. The number of anilines is 1. The number of nitrogens with one attached hydrogen (secondary N) is 1. The predicted molar refractivity (Wildman–Crippen MR) is 77.6 cm³/mol. The third kappa shape index (κ3) is 3.41. The maximum Gasteiger partial charge on any atom is 0.341 e. The molecule has 1 heterocycles. The molecule has 0 aliphatic heterocycles. The predicted octanol–water partition coefficient (Wildman–Crippen LogP) is 1.92. The van der Waals surface area contributed by atoms with E-state index >= 15 is 0 Å². The standard InChI is InChI=1S/C14H17NO5S/c1-3-20-14(18)12-8-5-4-6-9(8)21-13(12)15-10(16)7-11(17)19-2/h3-7H2,1-2H3,(H,15,16). The first-order chi connectivity index (χ1) is 10.1. The molecule has 7 heteroatoms. The van der Waals surface area contributed by atoms with Crippen LogP contribution in [0.15, 0.2) is 0 Å². The Balaban J connectivity index is 2.21. The van der Waals surface area contributed by atoms with Gasteiger partial charge >= 0.3 is 11.9 Å². The van der Waals surface area contributed by atoms with Gasteiger partial charge < -0.3 is 14.8 Å². The van der Waals surface area contributed by atoms with E-state index in [4.69, 9.17) is 4.74 Å². The average Bonchev–Trinajstić information content (AvgIpc) is 2.98. The van der Waals surface area contributed by atoms with E-state index in [-0.39, 0.29) is 13.0 Å². The van der Waals surface area contributed by atoms with Gasteiger partial charge in [0, 0.05) is 4.88 Å². The number of rotatable bonds is 5. The highest BCUT2D eigenvalue weighted by Crippen LogP contribution is 2.39. The van der Waals surface area contributed by atoms with Crippen LogP contribution in [0.25, 0.3) is 0 Å². The van der Waals surface area contributed by atoms with Gasteiger partial charge in [-0.15, -0.1) is 11.3 Å². The maximum atomic E-state index is 12.1. The van der Waals surface area contributed by atoms with Crippen molar-refractivity contribution in [3.63, 3.8) is 0 Å². The summed E-state index contributed by atoms with van der Waals surface area (Å²) in [4.78, 5) is 36.1. The monoisotopic (exact) mass is 311 g/mol. The van der Waals surface area contributed by atoms with Gasteiger partial charge in [-0.25, -0.2) is 4.79 Å². The maximum absolute atomic E-state index is 12.1. The van der Waals surface area contributed by atoms with Crippen molar-refractivity contribution >= 4 is 34.2 Å². The van der Waals surface area contributed by atoms with Crippen LogP contribution >= 0.6 is 11.3 Å². The summed E-state index contributed by atoms with van der Waals surface area (Å²) in [6.45, 7) is 2.01. The zero-order chi connectivity index (χ0) is 15.4. The Kier molecular flexibility index (Phi) is 4.95. The summed E-state index contributed by atoms with van der Waals surface area (Å²) in [6, 6.07) is 0. The summed E-state index contributed by atoms with van der Waals surface area (Å²) in [7, 11) is 1.22. The van der Waals surface area contributed by atoms with Gasteiger partial charge in [-0.1, -0.05) is 0 Å². The van der Waals surface area contributed by atoms with Crippen molar-refractivity contribution in [2.75, 3.05) is 19.0 Å². The molecular formula is C14H17NO5S. The second kappa shape index (κ2) is 6.71. The van der Waals surface area contributed by atoms with Crippen LogP contribution in [0.1, 0.15) is 40.6 Å². The minimum atomic E-state index is -0.616. The van der Waals surface area contributed by atoms with E-state index in [1.807, 2.05) is 0 Å². The molecule has 0 aromatic carbocycles. The van der Waals surface area contributed by atoms with Crippen LogP contribution in [0.5, 0.6) is 0 Å². The molecular weight excluding hydrogens is 294 g/mol. The van der Waals surface area contributed by atoms with E-state index in [0.29, 0.717) is 10.6 Å². The molecule has 0 bridgehead atoms. The summed E-state index contributed by atoms with van der Waals surface area (Å²) in [5.41, 5.74) is 1.40. The minimum absolute atomic E-state index is 0.277. The highest BCUT2D eigenvalue weighted by Gasteiger charge is 2.28. The van der Waals surface area contributed by atoms with Crippen LogP contribution in [0.3, 0.4) is 0 Å². The van der Waals surface area contributed by atoms with Crippen molar-refractivity contribution in [2.45, 2.75) is 32.6 Å². The highest BCUT2D eigenvalue weighted by molar-refractivity contribution is 7.17. The number of hydrogen-bond donors (Lipinski definition) is 1. The molecule has 0 radical (unpaired) electrons. The molecule has 0 spiro atoms. The van der Waals surface area contributed by atoms with Crippen molar-refractivity contribution in [3.8, 4) is 0 Å². The van der Waals surface area contributed by atoms with Crippen LogP contribution < -0.4 is 5.32 Å². The minimum Gasteiger partial charge on any atom is -0.469 e. The molecule has 1 aromatic rings. The Bertz CT molecular complexity index is 578. The Labute approximate surface area is 126 Å². The SMILES string of the molecule is CCOC(=O)c1c(NC(=O)CC(=O)OC)sc2c1CCC2. The van der Waals surface area contributed by atoms with E-state index in [1.54, 1.807) is 6.92 Å². The smallest absolute Gasteiger partial charge is 0.341 e. The van der Waals surface area contributed by atoms with Gasteiger partial charge in [0.2, 0.25) is 5.91 Å². The first-order valence-corrected chi connectivity index (χ1v) is 7.56. The molecule has 114 valence electrons. The van der Waals surface area contributed by atoms with Gasteiger partial charge in [0.25, 0.3) is 0 Å². The molecule has 1 amide bonds. The topological polar surface area (TPSA) is 81.7 Å². The quantitative estimate of drug-likeness (QED) is 0.663. The highest BCUT2D eigenvalue weighted by atomic mass is 32.1. The number of fused-ring (bicyclic) bond motifs is 1. The Hall–Kier alpha value is -1.89. The number of amides is 1. The van der Waals surface area contributed by atoms with Crippen LogP contribution in [-0.4, -0.2) is 31.6 Å². The number of thiophene rings is 1. The summed E-state index contributed by atoms with van der Waals surface area (Å²) in [6.07, 6.45) is 2.34. The van der Waals surface area contributed by atoms with Crippen molar-refractivity contribution in [2.24, 2.45) is 0 Å². The van der Waals surface area contributed by atoms with E-state index < -0.39 is 17.8 Å². The van der Waals surface area contributed by atoms with E-state index in [0.717, 1.165) is 29.7 Å². The van der Waals surface area contributed by atoms with Gasteiger partial charge in [0.1, 0.15) is 11.4 Å². The lowest BCUT2D eigenvalue weighted by molar-refractivity contribution is -0.142. The van der Waals surface area contributed by atoms with Crippen molar-refractivity contribution in [3.05, 3.63) is 16.0 Å². The Morgan fingerprint density at radius 1 is 1.29 bits per heavy atom. The molecule has 21 heavy (non-hydrogen) atoms. The van der Waals surface area contributed by atoms with E-state index in [1.165, 1.54) is 18.4 Å². The van der Waals surface area contributed by atoms with E-state index in [2.05, 4.69) is 10.1 Å². The largest absolute Gasteiger partial charge is 0.469 e. The second-order valence-corrected chi connectivity index (χ2v) is 5.69. The first-order valence-electron chi connectivity index (χ1n) is 6.75. The molecule has 0 saturated heterocycles. The zero-order valence-electron chi connectivity index (χ0n) is 12.0. The number of ether oxygens (including phenoxy) is 2. The van der Waals surface area contributed by atoms with E-state index in [9.17, 15) is 14.4 Å². The molecule has 0 atom stereocenters.